The van der Waals surface area contributed by atoms with Gasteiger partial charge in [-0.25, -0.2) is 8.42 Å². The second-order valence-electron chi connectivity index (χ2n) is 6.19. The number of nitrogens with one attached hydrogen (secondary N) is 1. The fraction of sp³-hybridized carbons (Fsp3) is 0.0500. The average molecular weight is 476 g/mol. The second-order valence-corrected chi connectivity index (χ2v) is 11.0. The normalized spacial score (nSPS) is 11.4. The van der Waals surface area contributed by atoms with Crippen molar-refractivity contribution in [2.45, 2.75) is 15.5 Å². The lowest BCUT2D eigenvalue weighted by atomic mass is 10.2. The molecule has 2 aromatic heterocycles. The van der Waals surface area contributed by atoms with Gasteiger partial charge in [-0.15, -0.1) is 21.5 Å². The van der Waals surface area contributed by atoms with Crippen LogP contribution in [0.3, 0.4) is 0 Å². The van der Waals surface area contributed by atoms with Crippen LogP contribution in [0, 0.1) is 0 Å². The van der Waals surface area contributed by atoms with Crippen LogP contribution in [0.1, 0.15) is 20.2 Å². The first-order chi connectivity index (χ1) is 14.4. The van der Waals surface area contributed by atoms with Gasteiger partial charge in [0, 0.05) is 11.4 Å². The molecule has 152 valence electrons. The van der Waals surface area contributed by atoms with Crippen LogP contribution >= 0.6 is 34.3 Å². The van der Waals surface area contributed by atoms with Gasteiger partial charge >= 0.3 is 0 Å². The third kappa shape index (κ3) is 4.59. The zero-order chi connectivity index (χ0) is 21.1. The quantitative estimate of drug-likeness (QED) is 0.427. The minimum absolute atomic E-state index is 0.111. The molecule has 4 aromatic rings. The number of nitrogens with zero attached hydrogens (tertiary/aromatic N) is 2. The number of rotatable bonds is 6. The van der Waals surface area contributed by atoms with Gasteiger partial charge in [0.25, 0.3) is 5.91 Å². The maximum atomic E-state index is 12.7. The summed E-state index contributed by atoms with van der Waals surface area (Å²) in [6, 6.07) is 18.5. The fourth-order valence-electron chi connectivity index (χ4n) is 2.61. The van der Waals surface area contributed by atoms with Gasteiger partial charge in [0.2, 0.25) is 15.0 Å². The monoisotopic (exact) mass is 475 g/mol. The summed E-state index contributed by atoms with van der Waals surface area (Å²) in [5, 5.41) is 12.5. The SMILES string of the molecule is O=C(Nc1nnc(Cc2ccc(Cl)cc2)s1)c1ccc(S(=O)(=O)c2ccccc2)s1. The van der Waals surface area contributed by atoms with Crippen LogP contribution in [0.2, 0.25) is 5.02 Å². The molecule has 0 aliphatic rings. The van der Waals surface area contributed by atoms with E-state index < -0.39 is 15.7 Å². The number of aromatic nitrogens is 2. The summed E-state index contributed by atoms with van der Waals surface area (Å²) in [6.45, 7) is 0. The number of hydrogen-bond acceptors (Lipinski definition) is 7. The van der Waals surface area contributed by atoms with Crippen LogP contribution < -0.4 is 5.32 Å². The highest BCUT2D eigenvalue weighted by molar-refractivity contribution is 7.93. The molecule has 30 heavy (non-hydrogen) atoms. The van der Waals surface area contributed by atoms with Gasteiger partial charge in [-0.05, 0) is 42.0 Å². The second kappa shape index (κ2) is 8.65. The minimum atomic E-state index is -3.65. The smallest absolute Gasteiger partial charge is 0.267 e. The Kier molecular flexibility index (Phi) is 5.96. The molecule has 0 aliphatic carbocycles. The largest absolute Gasteiger partial charge is 0.296 e. The molecule has 1 N–H and O–H groups in total. The molecule has 1 amide bonds. The number of benzene rings is 2. The number of carbonyl (C=O) groups excluding carboxylic acids is 1. The van der Waals surface area contributed by atoms with E-state index in [1.807, 2.05) is 12.1 Å². The highest BCUT2D eigenvalue weighted by Gasteiger charge is 2.22. The van der Waals surface area contributed by atoms with Gasteiger partial charge in [-0.1, -0.05) is 53.3 Å². The first-order valence-electron chi connectivity index (χ1n) is 8.70. The number of sulfone groups is 1. The molecule has 0 saturated heterocycles. The van der Waals surface area contributed by atoms with Crippen molar-refractivity contribution in [3.63, 3.8) is 0 Å². The van der Waals surface area contributed by atoms with Crippen LogP contribution in [0.25, 0.3) is 0 Å². The molecule has 2 aromatic carbocycles. The zero-order valence-electron chi connectivity index (χ0n) is 15.3. The summed E-state index contributed by atoms with van der Waals surface area (Å²) in [4.78, 5) is 13.0. The summed E-state index contributed by atoms with van der Waals surface area (Å²) in [6.07, 6.45) is 0.573. The first kappa shape index (κ1) is 20.7. The Balaban J connectivity index is 1.45. The fourth-order valence-corrected chi connectivity index (χ4v) is 6.13. The Bertz CT molecular complexity index is 1280. The molecule has 0 aliphatic heterocycles. The van der Waals surface area contributed by atoms with Crippen molar-refractivity contribution >= 4 is 55.2 Å². The van der Waals surface area contributed by atoms with Crippen molar-refractivity contribution in [2.75, 3.05) is 5.32 Å². The van der Waals surface area contributed by atoms with Crippen molar-refractivity contribution in [3.05, 3.63) is 87.2 Å². The van der Waals surface area contributed by atoms with Gasteiger partial charge in [0.15, 0.2) is 0 Å². The van der Waals surface area contributed by atoms with Gasteiger partial charge in [0.1, 0.15) is 9.22 Å². The number of carbonyl (C=O) groups is 1. The van der Waals surface area contributed by atoms with E-state index in [0.717, 1.165) is 21.9 Å². The average Bonchev–Trinajstić information content (AvgIpc) is 3.41. The van der Waals surface area contributed by atoms with E-state index in [1.165, 1.54) is 35.6 Å². The van der Waals surface area contributed by atoms with E-state index in [1.54, 1.807) is 30.3 Å². The van der Waals surface area contributed by atoms with Crippen LogP contribution in [-0.2, 0) is 16.3 Å². The Morgan fingerprint density at radius 3 is 2.40 bits per heavy atom. The molecule has 0 unspecified atom stereocenters. The highest BCUT2D eigenvalue weighted by atomic mass is 35.5. The van der Waals surface area contributed by atoms with Crippen molar-refractivity contribution in [1.82, 2.24) is 10.2 Å². The van der Waals surface area contributed by atoms with Crippen LogP contribution in [-0.4, -0.2) is 24.5 Å². The maximum Gasteiger partial charge on any atom is 0.267 e. The van der Waals surface area contributed by atoms with Gasteiger partial charge in [-0.2, -0.15) is 0 Å². The van der Waals surface area contributed by atoms with Crippen molar-refractivity contribution in [2.24, 2.45) is 0 Å². The van der Waals surface area contributed by atoms with Gasteiger partial charge < -0.3 is 0 Å². The molecular formula is C20H14ClN3O3S3. The standard InChI is InChI=1S/C20H14ClN3O3S3/c21-14-8-6-13(7-9-14)12-17-23-24-20(29-17)22-19(25)16-10-11-18(28-16)30(26,27)15-4-2-1-3-5-15/h1-11H,12H2,(H,22,24,25). The van der Waals surface area contributed by atoms with Gasteiger partial charge in [-0.3, -0.25) is 10.1 Å². The molecule has 0 atom stereocenters. The molecule has 10 heteroatoms. The van der Waals surface area contributed by atoms with Crippen LogP contribution in [0.15, 0.2) is 75.8 Å². The zero-order valence-corrected chi connectivity index (χ0v) is 18.5. The molecule has 0 spiro atoms. The van der Waals surface area contributed by atoms with Crippen molar-refractivity contribution in [1.29, 1.82) is 0 Å². The number of anilines is 1. The highest BCUT2D eigenvalue weighted by Crippen LogP contribution is 2.28. The van der Waals surface area contributed by atoms with E-state index >= 15 is 0 Å². The molecule has 0 radical (unpaired) electrons. The predicted octanol–water partition coefficient (Wildman–Crippen LogP) is 4.93. The summed E-state index contributed by atoms with van der Waals surface area (Å²) >= 11 is 8.07. The molecule has 4 rings (SSSR count). The van der Waals surface area contributed by atoms with Crippen LogP contribution in [0.5, 0.6) is 0 Å². The number of halogens is 1. The molecule has 6 nitrogen and oxygen atoms in total. The van der Waals surface area contributed by atoms with E-state index in [0.29, 0.717) is 16.6 Å². The Morgan fingerprint density at radius 1 is 0.933 bits per heavy atom. The summed E-state index contributed by atoms with van der Waals surface area (Å²) in [7, 11) is -3.65. The summed E-state index contributed by atoms with van der Waals surface area (Å²) < 4.78 is 25.5. The first-order valence-corrected chi connectivity index (χ1v) is 12.2. The van der Waals surface area contributed by atoms with Crippen molar-refractivity contribution in [3.8, 4) is 0 Å². The molecule has 2 heterocycles. The third-order valence-electron chi connectivity index (χ3n) is 4.08. The van der Waals surface area contributed by atoms with Gasteiger partial charge in [0.05, 0.1) is 9.77 Å². The minimum Gasteiger partial charge on any atom is -0.296 e. The maximum absolute atomic E-state index is 12.7. The van der Waals surface area contributed by atoms with E-state index in [4.69, 9.17) is 11.6 Å². The van der Waals surface area contributed by atoms with Crippen molar-refractivity contribution < 1.29 is 13.2 Å². The number of amides is 1. The molecule has 0 fully saturated rings. The summed E-state index contributed by atoms with van der Waals surface area (Å²) in [5.74, 6) is -0.427. The Labute approximate surface area is 186 Å². The van der Waals surface area contributed by atoms with E-state index in [2.05, 4.69) is 15.5 Å². The summed E-state index contributed by atoms with van der Waals surface area (Å²) in [5.41, 5.74) is 1.03. The molecule has 0 bridgehead atoms. The lowest BCUT2D eigenvalue weighted by Gasteiger charge is -2.01. The van der Waals surface area contributed by atoms with E-state index in [-0.39, 0.29) is 14.0 Å². The number of thiophene rings is 1. The lowest BCUT2D eigenvalue weighted by Crippen LogP contribution is -2.09. The predicted molar refractivity (Wildman–Crippen MR) is 118 cm³/mol. The number of hydrogen-bond donors (Lipinski definition) is 1. The molecule has 0 saturated carbocycles. The van der Waals surface area contributed by atoms with Crippen LogP contribution in [0.4, 0.5) is 5.13 Å². The Morgan fingerprint density at radius 2 is 1.67 bits per heavy atom. The van der Waals surface area contributed by atoms with E-state index in [9.17, 15) is 13.2 Å². The lowest BCUT2D eigenvalue weighted by molar-refractivity contribution is 0.103. The topological polar surface area (TPSA) is 89.0 Å². The molecular weight excluding hydrogens is 462 g/mol. The third-order valence-corrected chi connectivity index (χ3v) is 8.52. The Hall–Kier alpha value is -2.59.